The molecule has 3 rings (SSSR count). The molecule has 6 nitrogen and oxygen atoms in total. The zero-order valence-corrected chi connectivity index (χ0v) is 17.9. The van der Waals surface area contributed by atoms with E-state index in [-0.39, 0.29) is 28.0 Å². The van der Waals surface area contributed by atoms with Gasteiger partial charge in [0.25, 0.3) is 5.79 Å². The number of esters is 2. The van der Waals surface area contributed by atoms with Crippen molar-refractivity contribution in [2.75, 3.05) is 5.32 Å². The van der Waals surface area contributed by atoms with E-state index in [4.69, 9.17) is 14.2 Å². The summed E-state index contributed by atoms with van der Waals surface area (Å²) in [6, 6.07) is 4.47. The Hall–Kier alpha value is -3.15. The van der Waals surface area contributed by atoms with Crippen molar-refractivity contribution in [2.24, 2.45) is 0 Å². The second-order valence-electron chi connectivity index (χ2n) is 6.87. The van der Waals surface area contributed by atoms with Crippen molar-refractivity contribution in [3.63, 3.8) is 0 Å². The molecule has 1 fully saturated rings. The van der Waals surface area contributed by atoms with Crippen LogP contribution in [0.5, 0.6) is 11.5 Å². The van der Waals surface area contributed by atoms with Crippen LogP contribution >= 0.6 is 15.9 Å². The molecule has 1 saturated heterocycles. The molecule has 1 N–H and O–H groups in total. The number of cyclic esters (lactones) is 2. The summed E-state index contributed by atoms with van der Waals surface area (Å²) in [5.41, 5.74) is -2.01. The Kier molecular flexibility index (Phi) is 6.18. The summed E-state index contributed by atoms with van der Waals surface area (Å²) in [4.78, 5) is 24.0. The molecule has 0 aliphatic carbocycles. The maximum absolute atomic E-state index is 14.2. The van der Waals surface area contributed by atoms with Gasteiger partial charge in [0.05, 0.1) is 15.7 Å². The molecule has 32 heavy (non-hydrogen) atoms. The molecular weight excluding hydrogens is 509 g/mol. The molecule has 0 atom stereocenters. The van der Waals surface area contributed by atoms with Crippen molar-refractivity contribution >= 4 is 33.6 Å². The third-order valence-electron chi connectivity index (χ3n) is 3.99. The molecule has 0 radical (unpaired) electrons. The predicted octanol–water partition coefficient (Wildman–Crippen LogP) is 5.67. The molecule has 0 spiro atoms. The Morgan fingerprint density at radius 2 is 1.59 bits per heavy atom. The molecule has 0 saturated carbocycles. The summed E-state index contributed by atoms with van der Waals surface area (Å²) in [7, 11) is 0. The third-order valence-corrected chi connectivity index (χ3v) is 4.61. The Labute approximate surface area is 186 Å². The lowest BCUT2D eigenvalue weighted by Crippen LogP contribution is -2.42. The van der Waals surface area contributed by atoms with Gasteiger partial charge in [-0.1, -0.05) is 6.07 Å². The van der Waals surface area contributed by atoms with E-state index in [1.54, 1.807) is 0 Å². The average Bonchev–Trinajstić information content (AvgIpc) is 2.63. The number of alkyl halides is 3. The first kappa shape index (κ1) is 23.5. The number of hydrogen-bond acceptors (Lipinski definition) is 6. The number of benzene rings is 2. The van der Waals surface area contributed by atoms with Gasteiger partial charge in [-0.2, -0.15) is 13.2 Å². The number of hydrogen-bond donors (Lipinski definition) is 1. The highest BCUT2D eigenvalue weighted by Gasteiger charge is 2.39. The summed E-state index contributed by atoms with van der Waals surface area (Å²) in [5, 5.41) is 2.56. The van der Waals surface area contributed by atoms with Crippen LogP contribution in [0, 0.1) is 11.6 Å². The minimum Gasteiger partial charge on any atom is -0.448 e. The van der Waals surface area contributed by atoms with Crippen LogP contribution in [0.1, 0.15) is 19.4 Å². The first-order chi connectivity index (χ1) is 14.8. The Bertz CT molecular complexity index is 1080. The molecule has 0 aromatic heterocycles. The number of ether oxygens (including phenoxy) is 3. The van der Waals surface area contributed by atoms with E-state index in [9.17, 15) is 31.5 Å². The normalized spacial score (nSPS) is 15.7. The Morgan fingerprint density at radius 3 is 2.12 bits per heavy atom. The van der Waals surface area contributed by atoms with E-state index in [2.05, 4.69) is 21.2 Å². The third kappa shape index (κ3) is 5.01. The largest absolute Gasteiger partial charge is 0.448 e. The highest BCUT2D eigenvalue weighted by molar-refractivity contribution is 9.10. The second kappa shape index (κ2) is 8.41. The fourth-order valence-corrected chi connectivity index (χ4v) is 3.02. The summed E-state index contributed by atoms with van der Waals surface area (Å²) in [5.74, 6) is -7.89. The number of para-hydroxylation sites is 1. The lowest BCUT2D eigenvalue weighted by atomic mass is 10.2. The van der Waals surface area contributed by atoms with Crippen molar-refractivity contribution in [1.82, 2.24) is 0 Å². The van der Waals surface area contributed by atoms with Gasteiger partial charge in [-0.25, -0.2) is 18.4 Å². The lowest BCUT2D eigenvalue weighted by molar-refractivity contribution is -0.222. The molecule has 0 bridgehead atoms. The van der Waals surface area contributed by atoms with E-state index in [0.29, 0.717) is 0 Å². The molecule has 1 heterocycles. The van der Waals surface area contributed by atoms with Crippen molar-refractivity contribution in [3.05, 3.63) is 63.8 Å². The summed E-state index contributed by atoms with van der Waals surface area (Å²) >= 11 is 3.11. The quantitative estimate of drug-likeness (QED) is 0.242. The molecular formula is C20H13BrF5NO5. The van der Waals surface area contributed by atoms with Crippen LogP contribution in [0.15, 0.2) is 46.6 Å². The minimum atomic E-state index is -4.95. The fraction of sp³-hybridized carbons (Fsp3) is 0.200. The van der Waals surface area contributed by atoms with E-state index < -0.39 is 52.4 Å². The maximum Gasteiger partial charge on any atom is 0.416 e. The number of nitrogens with one attached hydrogen (secondary N) is 1. The molecule has 1 aliphatic rings. The van der Waals surface area contributed by atoms with Crippen LogP contribution in [-0.4, -0.2) is 17.7 Å². The van der Waals surface area contributed by atoms with Gasteiger partial charge in [-0.15, -0.1) is 0 Å². The summed E-state index contributed by atoms with van der Waals surface area (Å²) in [6.45, 7) is 2.72. The van der Waals surface area contributed by atoms with Gasteiger partial charge >= 0.3 is 18.1 Å². The predicted molar refractivity (Wildman–Crippen MR) is 104 cm³/mol. The van der Waals surface area contributed by atoms with Crippen LogP contribution in [0.2, 0.25) is 0 Å². The lowest BCUT2D eigenvalue weighted by Gasteiger charge is -2.29. The van der Waals surface area contributed by atoms with Gasteiger partial charge in [0, 0.05) is 20.0 Å². The van der Waals surface area contributed by atoms with Crippen molar-refractivity contribution < 1.29 is 45.8 Å². The first-order valence-electron chi connectivity index (χ1n) is 8.74. The maximum atomic E-state index is 14.2. The number of rotatable bonds is 4. The van der Waals surface area contributed by atoms with Gasteiger partial charge in [-0.05, 0) is 40.2 Å². The van der Waals surface area contributed by atoms with Gasteiger partial charge in [0.15, 0.2) is 28.7 Å². The Morgan fingerprint density at radius 1 is 1.03 bits per heavy atom. The molecule has 0 amide bonds. The van der Waals surface area contributed by atoms with Crippen molar-refractivity contribution in [2.45, 2.75) is 25.8 Å². The average molecular weight is 522 g/mol. The van der Waals surface area contributed by atoms with Gasteiger partial charge < -0.3 is 19.5 Å². The molecule has 2 aromatic rings. The van der Waals surface area contributed by atoms with E-state index in [1.807, 2.05) is 0 Å². The van der Waals surface area contributed by atoms with Gasteiger partial charge in [0.2, 0.25) is 0 Å². The van der Waals surface area contributed by atoms with Crippen LogP contribution in [-0.2, 0) is 25.2 Å². The number of anilines is 1. The van der Waals surface area contributed by atoms with Crippen LogP contribution in [0.25, 0.3) is 0 Å². The molecule has 1 aliphatic heterocycles. The highest BCUT2D eigenvalue weighted by Crippen LogP contribution is 2.40. The van der Waals surface area contributed by atoms with Gasteiger partial charge in [0.1, 0.15) is 0 Å². The Balaban J connectivity index is 1.93. The van der Waals surface area contributed by atoms with Gasteiger partial charge in [-0.3, -0.25) is 0 Å². The van der Waals surface area contributed by atoms with E-state index in [0.717, 1.165) is 6.20 Å². The molecule has 2 aromatic carbocycles. The molecule has 0 unspecified atom stereocenters. The standard InChI is InChI=1S/C20H13BrF5NO5/c1-19(2)31-17(28)10(18(29)32-19)8-27-14-5-3-4-11(21)15(14)30-16-12(22)6-9(7-13(16)23)20(24,25)26/h3-8,27H,1-2H3. The van der Waals surface area contributed by atoms with Crippen molar-refractivity contribution in [1.29, 1.82) is 0 Å². The van der Waals surface area contributed by atoms with E-state index in [1.165, 1.54) is 32.0 Å². The molecule has 170 valence electrons. The fourth-order valence-electron chi connectivity index (χ4n) is 2.58. The monoisotopic (exact) mass is 521 g/mol. The number of carbonyl (C=O) groups is 2. The number of carbonyl (C=O) groups excluding carboxylic acids is 2. The summed E-state index contributed by atoms with van der Waals surface area (Å²) < 4.78 is 81.9. The smallest absolute Gasteiger partial charge is 0.416 e. The van der Waals surface area contributed by atoms with Crippen LogP contribution < -0.4 is 10.1 Å². The molecule has 12 heteroatoms. The highest BCUT2D eigenvalue weighted by atomic mass is 79.9. The SMILES string of the molecule is CC1(C)OC(=O)C(=CNc2cccc(Br)c2Oc2c(F)cc(C(F)(F)F)cc2F)C(=O)O1. The zero-order valence-electron chi connectivity index (χ0n) is 16.3. The summed E-state index contributed by atoms with van der Waals surface area (Å²) in [6.07, 6.45) is -4.02. The van der Waals surface area contributed by atoms with Crippen molar-refractivity contribution in [3.8, 4) is 11.5 Å². The minimum absolute atomic E-state index is 0.0102. The van der Waals surface area contributed by atoms with Crippen LogP contribution in [0.3, 0.4) is 0 Å². The second-order valence-corrected chi connectivity index (χ2v) is 7.72. The first-order valence-corrected chi connectivity index (χ1v) is 9.54. The van der Waals surface area contributed by atoms with Crippen LogP contribution in [0.4, 0.5) is 27.6 Å². The number of halogens is 6. The topological polar surface area (TPSA) is 73.9 Å². The van der Waals surface area contributed by atoms with E-state index >= 15 is 0 Å². The zero-order chi connectivity index (χ0) is 23.8.